The maximum absolute atomic E-state index is 11.4. The van der Waals surface area contributed by atoms with Crippen molar-refractivity contribution >= 4 is 18.5 Å². The van der Waals surface area contributed by atoms with E-state index in [9.17, 15) is 4.79 Å². The number of aryl methyl sites for hydroxylation is 1. The Morgan fingerprint density at radius 3 is 2.56 bits per heavy atom. The van der Waals surface area contributed by atoms with E-state index >= 15 is 0 Å². The predicted molar refractivity (Wildman–Crippen MR) is 107 cm³/mol. The molecule has 2 N–H and O–H groups in total. The van der Waals surface area contributed by atoms with Crippen LogP contribution in [0.4, 0.5) is 0 Å². The Bertz CT molecular complexity index is 718. The van der Waals surface area contributed by atoms with Crippen LogP contribution in [0.15, 0.2) is 18.2 Å². The SMILES string of the molecule is CC1(C)OB(c2ccc3c(c2)CCC[C@@H]3NCC2CCC(=O)N2)OC1(C)C. The van der Waals surface area contributed by atoms with E-state index in [1.807, 2.05) is 0 Å². The third-order valence-corrected chi connectivity index (χ3v) is 6.70. The number of carbonyl (C=O) groups is 1. The second-order valence-electron chi connectivity index (χ2n) is 9.20. The highest BCUT2D eigenvalue weighted by atomic mass is 16.7. The third-order valence-electron chi connectivity index (χ3n) is 6.70. The van der Waals surface area contributed by atoms with E-state index in [4.69, 9.17) is 9.31 Å². The fourth-order valence-electron chi connectivity index (χ4n) is 4.29. The maximum atomic E-state index is 11.4. The van der Waals surface area contributed by atoms with Crippen LogP contribution in [0.5, 0.6) is 0 Å². The van der Waals surface area contributed by atoms with Gasteiger partial charge in [0.15, 0.2) is 0 Å². The van der Waals surface area contributed by atoms with E-state index in [2.05, 4.69) is 56.5 Å². The number of amides is 1. The standard InChI is InChI=1S/C21H31BN2O3/c1-20(2)21(3,4)27-22(26-20)15-8-10-17-14(12-15)6-5-7-18(17)23-13-16-9-11-19(25)24-16/h8,10,12,16,18,23H,5-7,9,11,13H2,1-4H3,(H,24,25)/t16?,18-/m0/s1. The molecule has 27 heavy (non-hydrogen) atoms. The van der Waals surface area contributed by atoms with Crippen LogP contribution >= 0.6 is 0 Å². The van der Waals surface area contributed by atoms with E-state index in [1.54, 1.807) is 0 Å². The molecule has 0 bridgehead atoms. The van der Waals surface area contributed by atoms with Crippen molar-refractivity contribution in [3.8, 4) is 0 Å². The Morgan fingerprint density at radius 1 is 1.15 bits per heavy atom. The molecule has 4 rings (SSSR count). The average molecular weight is 370 g/mol. The lowest BCUT2D eigenvalue weighted by atomic mass is 9.75. The number of carbonyl (C=O) groups excluding carboxylic acids is 1. The highest BCUT2D eigenvalue weighted by Gasteiger charge is 2.51. The largest absolute Gasteiger partial charge is 0.494 e. The van der Waals surface area contributed by atoms with Gasteiger partial charge >= 0.3 is 7.12 Å². The van der Waals surface area contributed by atoms with Gasteiger partial charge in [-0.25, -0.2) is 0 Å². The molecule has 0 saturated carbocycles. The van der Waals surface area contributed by atoms with Gasteiger partial charge in [0.2, 0.25) is 5.91 Å². The molecule has 2 saturated heterocycles. The van der Waals surface area contributed by atoms with Crippen LogP contribution in [-0.4, -0.2) is 36.8 Å². The highest BCUT2D eigenvalue weighted by molar-refractivity contribution is 6.62. The van der Waals surface area contributed by atoms with Crippen molar-refractivity contribution in [2.24, 2.45) is 0 Å². The predicted octanol–water partition coefficient (Wildman–Crippen LogP) is 2.23. The van der Waals surface area contributed by atoms with Gasteiger partial charge in [-0.05, 0) is 70.0 Å². The van der Waals surface area contributed by atoms with Gasteiger partial charge in [0.1, 0.15) is 0 Å². The molecule has 146 valence electrons. The second-order valence-corrected chi connectivity index (χ2v) is 9.20. The van der Waals surface area contributed by atoms with Gasteiger partial charge < -0.3 is 19.9 Å². The molecule has 1 amide bonds. The third kappa shape index (κ3) is 3.67. The number of fused-ring (bicyclic) bond motifs is 1. The Hall–Kier alpha value is -1.37. The van der Waals surface area contributed by atoms with E-state index in [0.29, 0.717) is 12.5 Å². The Labute approximate surface area is 162 Å². The lowest BCUT2D eigenvalue weighted by Crippen LogP contribution is -2.41. The number of nitrogens with one attached hydrogen (secondary N) is 2. The van der Waals surface area contributed by atoms with Crippen LogP contribution in [0.1, 0.15) is 70.5 Å². The molecule has 1 aromatic rings. The molecule has 1 aromatic carbocycles. The molecule has 2 fully saturated rings. The van der Waals surface area contributed by atoms with Crippen LogP contribution in [0, 0.1) is 0 Å². The monoisotopic (exact) mass is 370 g/mol. The molecule has 2 heterocycles. The first-order valence-electron chi connectivity index (χ1n) is 10.3. The molecule has 0 radical (unpaired) electrons. The minimum absolute atomic E-state index is 0.179. The molecule has 0 spiro atoms. The van der Waals surface area contributed by atoms with Crippen molar-refractivity contribution in [1.29, 1.82) is 0 Å². The van der Waals surface area contributed by atoms with E-state index in [0.717, 1.165) is 31.3 Å². The first kappa shape index (κ1) is 19.0. The number of hydrogen-bond donors (Lipinski definition) is 2. The van der Waals surface area contributed by atoms with E-state index in [-0.39, 0.29) is 30.3 Å². The van der Waals surface area contributed by atoms with Crippen LogP contribution < -0.4 is 16.1 Å². The summed E-state index contributed by atoms with van der Waals surface area (Å²) in [5.41, 5.74) is 3.25. The van der Waals surface area contributed by atoms with Gasteiger partial charge in [0.25, 0.3) is 0 Å². The smallest absolute Gasteiger partial charge is 0.399 e. The van der Waals surface area contributed by atoms with Crippen LogP contribution in [0.25, 0.3) is 0 Å². The van der Waals surface area contributed by atoms with Crippen LogP contribution in [0.3, 0.4) is 0 Å². The van der Waals surface area contributed by atoms with Gasteiger partial charge in [-0.3, -0.25) is 4.79 Å². The van der Waals surface area contributed by atoms with E-state index in [1.165, 1.54) is 17.5 Å². The summed E-state index contributed by atoms with van der Waals surface area (Å²) in [6.07, 6.45) is 5.01. The number of rotatable bonds is 4. The zero-order valence-electron chi connectivity index (χ0n) is 16.9. The topological polar surface area (TPSA) is 59.6 Å². The zero-order valence-corrected chi connectivity index (χ0v) is 16.9. The van der Waals surface area contributed by atoms with Crippen LogP contribution in [0.2, 0.25) is 0 Å². The van der Waals surface area contributed by atoms with Gasteiger partial charge in [-0.15, -0.1) is 0 Å². The average Bonchev–Trinajstić information content (AvgIpc) is 3.12. The summed E-state index contributed by atoms with van der Waals surface area (Å²) in [7, 11) is -0.303. The Kier molecular flexibility index (Phi) is 4.85. The summed E-state index contributed by atoms with van der Waals surface area (Å²) in [6.45, 7) is 9.20. The van der Waals surface area contributed by atoms with Gasteiger partial charge in [0.05, 0.1) is 11.2 Å². The van der Waals surface area contributed by atoms with Crippen molar-refractivity contribution in [3.05, 3.63) is 29.3 Å². The summed E-state index contributed by atoms with van der Waals surface area (Å²) in [5.74, 6) is 0.179. The number of hydrogen-bond acceptors (Lipinski definition) is 4. The lowest BCUT2D eigenvalue weighted by molar-refractivity contribution is -0.119. The molecule has 2 aliphatic heterocycles. The first-order valence-corrected chi connectivity index (χ1v) is 10.3. The van der Waals surface area contributed by atoms with Crippen molar-refractivity contribution < 1.29 is 14.1 Å². The van der Waals surface area contributed by atoms with Crippen molar-refractivity contribution in [2.75, 3.05) is 6.54 Å². The first-order chi connectivity index (χ1) is 12.7. The molecular formula is C21H31BN2O3. The molecule has 1 aliphatic carbocycles. The number of benzene rings is 1. The highest BCUT2D eigenvalue weighted by Crippen LogP contribution is 2.37. The molecule has 1 unspecified atom stereocenters. The van der Waals surface area contributed by atoms with Gasteiger partial charge in [-0.2, -0.15) is 0 Å². The lowest BCUT2D eigenvalue weighted by Gasteiger charge is -2.32. The fourth-order valence-corrected chi connectivity index (χ4v) is 4.29. The zero-order chi connectivity index (χ0) is 19.2. The second kappa shape index (κ2) is 6.91. The minimum atomic E-state index is -0.316. The van der Waals surface area contributed by atoms with Crippen molar-refractivity contribution in [3.63, 3.8) is 0 Å². The fraction of sp³-hybridized carbons (Fsp3) is 0.667. The molecule has 6 heteroatoms. The maximum Gasteiger partial charge on any atom is 0.494 e. The molecule has 2 atom stereocenters. The molecule has 5 nitrogen and oxygen atoms in total. The van der Waals surface area contributed by atoms with Crippen LogP contribution in [-0.2, 0) is 20.5 Å². The van der Waals surface area contributed by atoms with Gasteiger partial charge in [-0.1, -0.05) is 18.2 Å². The quantitative estimate of drug-likeness (QED) is 0.799. The Morgan fingerprint density at radius 2 is 1.89 bits per heavy atom. The van der Waals surface area contributed by atoms with Crippen molar-refractivity contribution in [2.45, 2.75) is 83.1 Å². The summed E-state index contributed by atoms with van der Waals surface area (Å²) in [5, 5.41) is 6.72. The normalized spacial score (nSPS) is 28.9. The minimum Gasteiger partial charge on any atom is -0.399 e. The van der Waals surface area contributed by atoms with Gasteiger partial charge in [0, 0.05) is 25.0 Å². The summed E-state index contributed by atoms with van der Waals surface area (Å²) >= 11 is 0. The summed E-state index contributed by atoms with van der Waals surface area (Å²) < 4.78 is 12.4. The van der Waals surface area contributed by atoms with Crippen molar-refractivity contribution in [1.82, 2.24) is 10.6 Å². The molecule has 3 aliphatic rings. The van der Waals surface area contributed by atoms with E-state index < -0.39 is 0 Å². The molecular weight excluding hydrogens is 339 g/mol. The summed E-state index contributed by atoms with van der Waals surface area (Å²) in [6, 6.07) is 7.28. The molecule has 0 aromatic heterocycles. The summed E-state index contributed by atoms with van der Waals surface area (Å²) in [4.78, 5) is 11.4. The Balaban J connectivity index is 1.46.